The molecule has 8 heteroatoms. The first-order chi connectivity index (χ1) is 7.91. The number of carboxylic acids is 1. The largest absolute Gasteiger partial charge is 0.477 e. The number of aromatic nitrogens is 1. The molecule has 0 unspecified atom stereocenters. The fraction of sp³-hybridized carbons (Fsp3) is 0.111. The van der Waals surface area contributed by atoms with Crippen molar-refractivity contribution in [2.75, 3.05) is 0 Å². The second-order valence-electron chi connectivity index (χ2n) is 3.02. The molecule has 17 heavy (non-hydrogen) atoms. The third-order valence-electron chi connectivity index (χ3n) is 1.92. The van der Waals surface area contributed by atoms with Crippen molar-refractivity contribution in [3.63, 3.8) is 0 Å². The number of furan rings is 1. The van der Waals surface area contributed by atoms with Gasteiger partial charge in [0.1, 0.15) is 5.56 Å². The summed E-state index contributed by atoms with van der Waals surface area (Å²) in [6, 6.07) is 2.67. The van der Waals surface area contributed by atoms with Crippen LogP contribution in [-0.2, 0) is 6.18 Å². The number of nitrogens with zero attached hydrogens (tertiary/aromatic N) is 1. The average Bonchev–Trinajstić information content (AvgIpc) is 2.84. The fourth-order valence-electron chi connectivity index (χ4n) is 1.26. The van der Waals surface area contributed by atoms with E-state index in [1.165, 1.54) is 18.4 Å². The van der Waals surface area contributed by atoms with E-state index < -0.39 is 29.2 Å². The molecule has 0 saturated heterocycles. The van der Waals surface area contributed by atoms with Crippen molar-refractivity contribution in [3.05, 3.63) is 29.7 Å². The van der Waals surface area contributed by atoms with E-state index >= 15 is 0 Å². The van der Waals surface area contributed by atoms with Crippen molar-refractivity contribution in [1.82, 2.24) is 5.16 Å². The van der Waals surface area contributed by atoms with Crippen LogP contribution in [-0.4, -0.2) is 16.2 Å². The summed E-state index contributed by atoms with van der Waals surface area (Å²) in [6.45, 7) is 0. The molecule has 2 heterocycles. The lowest BCUT2D eigenvalue weighted by atomic mass is 10.1. The van der Waals surface area contributed by atoms with Crippen LogP contribution in [0, 0.1) is 0 Å². The number of carboxylic acid groups (broad SMARTS) is 1. The molecule has 1 N–H and O–H groups in total. The van der Waals surface area contributed by atoms with E-state index in [9.17, 15) is 18.0 Å². The van der Waals surface area contributed by atoms with Crippen LogP contribution in [0.4, 0.5) is 13.2 Å². The topological polar surface area (TPSA) is 76.5 Å². The Morgan fingerprint density at radius 1 is 1.41 bits per heavy atom. The summed E-state index contributed by atoms with van der Waals surface area (Å²) >= 11 is 0. The van der Waals surface area contributed by atoms with Crippen LogP contribution >= 0.6 is 0 Å². The van der Waals surface area contributed by atoms with Gasteiger partial charge in [-0.25, -0.2) is 4.79 Å². The van der Waals surface area contributed by atoms with E-state index in [0.29, 0.717) is 0 Å². The summed E-state index contributed by atoms with van der Waals surface area (Å²) < 4.78 is 46.1. The summed E-state index contributed by atoms with van der Waals surface area (Å²) in [6.07, 6.45) is -3.74. The van der Waals surface area contributed by atoms with Gasteiger partial charge in [-0.3, -0.25) is 0 Å². The van der Waals surface area contributed by atoms with Gasteiger partial charge >= 0.3 is 12.1 Å². The first-order valence-electron chi connectivity index (χ1n) is 4.25. The summed E-state index contributed by atoms with van der Waals surface area (Å²) in [5.74, 6) is -3.55. The highest BCUT2D eigenvalue weighted by atomic mass is 19.4. The Hall–Kier alpha value is -2.25. The highest BCUT2D eigenvalue weighted by Crippen LogP contribution is 2.36. The fourth-order valence-corrected chi connectivity index (χ4v) is 1.26. The van der Waals surface area contributed by atoms with Gasteiger partial charge in [0.25, 0.3) is 5.76 Å². The van der Waals surface area contributed by atoms with Crippen molar-refractivity contribution >= 4 is 5.97 Å². The van der Waals surface area contributed by atoms with Crippen LogP contribution < -0.4 is 0 Å². The van der Waals surface area contributed by atoms with Crippen molar-refractivity contribution in [3.8, 4) is 11.5 Å². The second-order valence-corrected chi connectivity index (χ2v) is 3.02. The minimum absolute atomic E-state index is 0.110. The van der Waals surface area contributed by atoms with E-state index in [0.717, 1.165) is 0 Å². The van der Waals surface area contributed by atoms with Crippen molar-refractivity contribution in [2.45, 2.75) is 6.18 Å². The molecule has 2 aromatic heterocycles. The minimum atomic E-state index is -4.93. The third kappa shape index (κ3) is 1.88. The molecule has 0 spiro atoms. The zero-order valence-corrected chi connectivity index (χ0v) is 7.99. The average molecular weight is 247 g/mol. The van der Waals surface area contributed by atoms with Crippen LogP contribution in [0.2, 0.25) is 0 Å². The summed E-state index contributed by atoms with van der Waals surface area (Å²) in [5, 5.41) is 11.8. The highest BCUT2D eigenvalue weighted by Gasteiger charge is 2.43. The molecular formula is C9H4F3NO4. The summed E-state index contributed by atoms with van der Waals surface area (Å²) in [7, 11) is 0. The first kappa shape index (κ1) is 11.2. The van der Waals surface area contributed by atoms with Gasteiger partial charge < -0.3 is 14.0 Å². The molecule has 0 aromatic carbocycles. The molecule has 0 radical (unpaired) electrons. The normalized spacial score (nSPS) is 11.7. The Kier molecular flexibility index (Phi) is 2.41. The third-order valence-corrected chi connectivity index (χ3v) is 1.92. The van der Waals surface area contributed by atoms with Gasteiger partial charge in [-0.2, -0.15) is 13.2 Å². The maximum Gasteiger partial charge on any atom is 0.453 e. The highest BCUT2D eigenvalue weighted by molar-refractivity contribution is 5.95. The molecule has 0 saturated carbocycles. The Balaban J connectivity index is 2.64. The first-order valence-corrected chi connectivity index (χ1v) is 4.25. The van der Waals surface area contributed by atoms with E-state index in [1.54, 1.807) is 0 Å². The SMILES string of the molecule is O=C(O)c1c(-c2ccco2)noc1C(F)(F)F. The van der Waals surface area contributed by atoms with E-state index in [1.807, 2.05) is 0 Å². The van der Waals surface area contributed by atoms with E-state index in [4.69, 9.17) is 9.52 Å². The maximum absolute atomic E-state index is 12.4. The number of hydrogen-bond acceptors (Lipinski definition) is 4. The number of carbonyl (C=O) groups is 1. The Bertz CT molecular complexity index is 541. The molecule has 0 aliphatic heterocycles. The van der Waals surface area contributed by atoms with Crippen molar-refractivity contribution < 1.29 is 32.0 Å². The molecule has 0 amide bonds. The molecule has 2 aromatic rings. The molecule has 90 valence electrons. The zero-order chi connectivity index (χ0) is 12.6. The molecule has 0 aliphatic carbocycles. The molecule has 0 atom stereocenters. The van der Waals surface area contributed by atoms with Gasteiger partial charge in [-0.05, 0) is 12.1 Å². The van der Waals surface area contributed by atoms with E-state index in [-0.39, 0.29) is 5.76 Å². The quantitative estimate of drug-likeness (QED) is 0.882. The zero-order valence-electron chi connectivity index (χ0n) is 7.99. The van der Waals surface area contributed by atoms with Gasteiger partial charge in [0.05, 0.1) is 6.26 Å². The standard InChI is InChI=1S/C9H4F3NO4/c10-9(11,12)7-5(8(14)15)6(13-17-7)4-2-1-3-16-4/h1-3H,(H,14,15). The molecule has 0 aliphatic rings. The minimum Gasteiger partial charge on any atom is -0.477 e. The van der Waals surface area contributed by atoms with Crippen LogP contribution in [0.15, 0.2) is 27.3 Å². The van der Waals surface area contributed by atoms with Crippen molar-refractivity contribution in [2.24, 2.45) is 0 Å². The van der Waals surface area contributed by atoms with Crippen LogP contribution in [0.5, 0.6) is 0 Å². The molecule has 5 nitrogen and oxygen atoms in total. The van der Waals surface area contributed by atoms with Crippen LogP contribution in [0.1, 0.15) is 16.1 Å². The number of hydrogen-bond donors (Lipinski definition) is 1. The summed E-state index contributed by atoms with van der Waals surface area (Å²) in [4.78, 5) is 10.8. The van der Waals surface area contributed by atoms with Gasteiger partial charge in [0, 0.05) is 0 Å². The molecule has 0 bridgehead atoms. The molecule has 2 rings (SSSR count). The Morgan fingerprint density at radius 3 is 2.59 bits per heavy atom. The smallest absolute Gasteiger partial charge is 0.453 e. The molecular weight excluding hydrogens is 243 g/mol. The second kappa shape index (κ2) is 3.65. The van der Waals surface area contributed by atoms with Gasteiger partial charge in [-0.1, -0.05) is 5.16 Å². The number of alkyl halides is 3. The Labute approximate surface area is 91.4 Å². The number of halogens is 3. The van der Waals surface area contributed by atoms with Gasteiger partial charge in [0.15, 0.2) is 11.5 Å². The monoisotopic (exact) mass is 247 g/mol. The van der Waals surface area contributed by atoms with Crippen molar-refractivity contribution in [1.29, 1.82) is 0 Å². The predicted octanol–water partition coefficient (Wildman–Crippen LogP) is 2.65. The van der Waals surface area contributed by atoms with Crippen LogP contribution in [0.25, 0.3) is 11.5 Å². The predicted molar refractivity (Wildman–Crippen MR) is 46.2 cm³/mol. The van der Waals surface area contributed by atoms with Gasteiger partial charge in [-0.15, -0.1) is 0 Å². The lowest BCUT2D eigenvalue weighted by Gasteiger charge is -2.01. The van der Waals surface area contributed by atoms with E-state index in [2.05, 4.69) is 9.68 Å². The number of rotatable bonds is 2. The number of aromatic carboxylic acids is 1. The van der Waals surface area contributed by atoms with Crippen LogP contribution in [0.3, 0.4) is 0 Å². The molecule has 0 fully saturated rings. The lowest BCUT2D eigenvalue weighted by Crippen LogP contribution is -2.10. The Morgan fingerprint density at radius 2 is 2.12 bits per heavy atom. The summed E-state index contributed by atoms with van der Waals surface area (Å²) in [5.41, 5.74) is -1.55. The van der Waals surface area contributed by atoms with Gasteiger partial charge in [0.2, 0.25) is 0 Å². The lowest BCUT2D eigenvalue weighted by molar-refractivity contribution is -0.156. The maximum atomic E-state index is 12.4.